The molecule has 6 nitrogen and oxygen atoms in total. The number of rotatable bonds is 4. The molecule has 2 heterocycles. The van der Waals surface area contributed by atoms with E-state index in [1.165, 1.54) is 0 Å². The molecule has 1 fully saturated rings. The molecule has 3 rings (SSSR count). The van der Waals surface area contributed by atoms with Crippen molar-refractivity contribution >= 4 is 17.5 Å². The Bertz CT molecular complexity index is 689. The molecule has 0 spiro atoms. The highest BCUT2D eigenvalue weighted by Gasteiger charge is 2.30. The predicted octanol–water partition coefficient (Wildman–Crippen LogP) is 2.35. The fourth-order valence-electron chi connectivity index (χ4n) is 2.52. The molecular weight excluding hydrogens is 318 g/mol. The van der Waals surface area contributed by atoms with E-state index in [-0.39, 0.29) is 18.6 Å². The maximum atomic E-state index is 12.5. The number of nitrogens with zero attached hydrogens (tertiary/aromatic N) is 2. The van der Waals surface area contributed by atoms with Crippen LogP contribution in [-0.4, -0.2) is 47.1 Å². The Balaban J connectivity index is 1.68. The van der Waals surface area contributed by atoms with E-state index >= 15 is 0 Å². The van der Waals surface area contributed by atoms with Gasteiger partial charge in [0.1, 0.15) is 17.6 Å². The number of halogens is 1. The summed E-state index contributed by atoms with van der Waals surface area (Å²) in [6, 6.07) is 6.87. The first kappa shape index (κ1) is 15.8. The van der Waals surface area contributed by atoms with Crippen LogP contribution in [0.5, 0.6) is 5.75 Å². The number of hydrogen-bond donors (Lipinski definition) is 1. The highest BCUT2D eigenvalue weighted by Crippen LogP contribution is 2.25. The number of carbonyl (C=O) groups is 1. The van der Waals surface area contributed by atoms with Gasteiger partial charge in [-0.2, -0.15) is 0 Å². The van der Waals surface area contributed by atoms with Crippen LogP contribution in [0.25, 0.3) is 0 Å². The molecule has 0 bridgehead atoms. The minimum absolute atomic E-state index is 0.0695. The van der Waals surface area contributed by atoms with Crippen molar-refractivity contribution < 1.29 is 14.3 Å². The normalized spacial score (nSPS) is 18.0. The minimum atomic E-state index is -0.222. The number of aryl methyl sites for hydroxylation is 1. The van der Waals surface area contributed by atoms with Gasteiger partial charge in [-0.3, -0.25) is 4.79 Å². The topological polar surface area (TPSA) is 67.4 Å². The van der Waals surface area contributed by atoms with Crippen molar-refractivity contribution in [2.75, 3.05) is 26.4 Å². The SMILES string of the molecule is Cc1cnc(C2COCCN2C(=O)COc2ccccc2Cl)[nH]1. The smallest absolute Gasteiger partial charge is 0.261 e. The van der Waals surface area contributed by atoms with Crippen LogP contribution in [0.2, 0.25) is 5.02 Å². The Kier molecular flexibility index (Phi) is 4.83. The van der Waals surface area contributed by atoms with Gasteiger partial charge in [-0.1, -0.05) is 23.7 Å². The van der Waals surface area contributed by atoms with Crippen LogP contribution in [0.4, 0.5) is 0 Å². The van der Waals surface area contributed by atoms with Crippen LogP contribution in [0.1, 0.15) is 17.6 Å². The zero-order chi connectivity index (χ0) is 16.2. The highest BCUT2D eigenvalue weighted by atomic mass is 35.5. The van der Waals surface area contributed by atoms with Crippen LogP contribution in [0, 0.1) is 6.92 Å². The summed E-state index contributed by atoms with van der Waals surface area (Å²) in [7, 11) is 0. The molecule has 0 saturated carbocycles. The van der Waals surface area contributed by atoms with Gasteiger partial charge in [0.15, 0.2) is 6.61 Å². The summed E-state index contributed by atoms with van der Waals surface area (Å²) in [4.78, 5) is 21.7. The molecule has 1 aromatic carbocycles. The second-order valence-corrected chi connectivity index (χ2v) is 5.76. The summed E-state index contributed by atoms with van der Waals surface area (Å²) in [6.45, 7) is 3.29. The molecule has 7 heteroatoms. The highest BCUT2D eigenvalue weighted by molar-refractivity contribution is 6.32. The van der Waals surface area contributed by atoms with Crippen molar-refractivity contribution in [3.63, 3.8) is 0 Å². The van der Waals surface area contributed by atoms with Crippen molar-refractivity contribution in [1.82, 2.24) is 14.9 Å². The Labute approximate surface area is 139 Å². The fraction of sp³-hybridized carbons (Fsp3) is 0.375. The van der Waals surface area contributed by atoms with Crippen molar-refractivity contribution in [3.8, 4) is 5.75 Å². The lowest BCUT2D eigenvalue weighted by Crippen LogP contribution is -2.45. The van der Waals surface area contributed by atoms with Crippen LogP contribution < -0.4 is 4.74 Å². The molecule has 0 aliphatic carbocycles. The van der Waals surface area contributed by atoms with Crippen molar-refractivity contribution in [2.45, 2.75) is 13.0 Å². The zero-order valence-corrected chi connectivity index (χ0v) is 13.5. The summed E-state index contributed by atoms with van der Waals surface area (Å²) in [6.07, 6.45) is 1.74. The Morgan fingerprint density at radius 1 is 1.52 bits per heavy atom. The first-order valence-corrected chi connectivity index (χ1v) is 7.79. The maximum Gasteiger partial charge on any atom is 0.261 e. The van der Waals surface area contributed by atoms with Crippen molar-refractivity contribution in [3.05, 3.63) is 47.0 Å². The number of aromatic nitrogens is 2. The van der Waals surface area contributed by atoms with Crippen LogP contribution in [0.3, 0.4) is 0 Å². The molecular formula is C16H18ClN3O3. The van der Waals surface area contributed by atoms with Crippen molar-refractivity contribution in [2.24, 2.45) is 0 Å². The van der Waals surface area contributed by atoms with E-state index in [0.29, 0.717) is 30.5 Å². The van der Waals surface area contributed by atoms with Gasteiger partial charge >= 0.3 is 0 Å². The number of para-hydroxylation sites is 1. The summed E-state index contributed by atoms with van der Waals surface area (Å²) in [5, 5.41) is 0.487. The molecule has 1 saturated heterocycles. The number of morpholine rings is 1. The van der Waals surface area contributed by atoms with E-state index in [1.54, 1.807) is 23.2 Å². The minimum Gasteiger partial charge on any atom is -0.482 e. The third-order valence-electron chi connectivity index (χ3n) is 3.67. The molecule has 23 heavy (non-hydrogen) atoms. The monoisotopic (exact) mass is 335 g/mol. The van der Waals surface area contributed by atoms with Gasteiger partial charge in [0.2, 0.25) is 0 Å². The third-order valence-corrected chi connectivity index (χ3v) is 3.99. The molecule has 1 aliphatic rings. The molecule has 1 unspecified atom stereocenters. The number of H-pyrrole nitrogens is 1. The van der Waals surface area contributed by atoms with Crippen LogP contribution in [-0.2, 0) is 9.53 Å². The molecule has 1 amide bonds. The van der Waals surface area contributed by atoms with E-state index in [9.17, 15) is 4.79 Å². The fourth-order valence-corrected chi connectivity index (χ4v) is 2.71. The van der Waals surface area contributed by atoms with Gasteiger partial charge < -0.3 is 19.4 Å². The first-order chi connectivity index (χ1) is 11.1. The number of amides is 1. The van der Waals surface area contributed by atoms with E-state index in [4.69, 9.17) is 21.1 Å². The summed E-state index contributed by atoms with van der Waals surface area (Å²) < 4.78 is 11.0. The molecule has 0 radical (unpaired) electrons. The number of hydrogen-bond acceptors (Lipinski definition) is 4. The number of nitrogens with one attached hydrogen (secondary N) is 1. The summed E-state index contributed by atoms with van der Waals surface area (Å²) >= 11 is 6.04. The Morgan fingerprint density at radius 3 is 3.09 bits per heavy atom. The molecule has 122 valence electrons. The van der Waals surface area contributed by atoms with Crippen molar-refractivity contribution in [1.29, 1.82) is 0 Å². The second kappa shape index (κ2) is 7.02. The largest absolute Gasteiger partial charge is 0.482 e. The molecule has 1 aliphatic heterocycles. The summed E-state index contributed by atoms with van der Waals surface area (Å²) in [5.74, 6) is 1.11. The van der Waals surface area contributed by atoms with E-state index in [0.717, 1.165) is 11.5 Å². The average Bonchev–Trinajstić information content (AvgIpc) is 3.00. The Morgan fingerprint density at radius 2 is 2.35 bits per heavy atom. The van der Waals surface area contributed by atoms with Gasteiger partial charge in [0, 0.05) is 18.4 Å². The van der Waals surface area contributed by atoms with Gasteiger partial charge in [0.25, 0.3) is 5.91 Å². The van der Waals surface area contributed by atoms with Crippen LogP contribution in [0.15, 0.2) is 30.5 Å². The first-order valence-electron chi connectivity index (χ1n) is 7.41. The lowest BCUT2D eigenvalue weighted by Gasteiger charge is -2.34. The molecule has 1 aromatic heterocycles. The average molecular weight is 336 g/mol. The predicted molar refractivity (Wildman–Crippen MR) is 85.5 cm³/mol. The Hall–Kier alpha value is -2.05. The van der Waals surface area contributed by atoms with Gasteiger partial charge in [-0.25, -0.2) is 4.98 Å². The number of carbonyl (C=O) groups excluding carboxylic acids is 1. The van der Waals surface area contributed by atoms with Crippen LogP contribution >= 0.6 is 11.6 Å². The maximum absolute atomic E-state index is 12.5. The number of benzene rings is 1. The zero-order valence-electron chi connectivity index (χ0n) is 12.8. The second-order valence-electron chi connectivity index (χ2n) is 5.35. The van der Waals surface area contributed by atoms with E-state index in [2.05, 4.69) is 9.97 Å². The third kappa shape index (κ3) is 3.65. The lowest BCUT2D eigenvalue weighted by molar-refractivity contribution is -0.142. The van der Waals surface area contributed by atoms with Gasteiger partial charge in [-0.15, -0.1) is 0 Å². The van der Waals surface area contributed by atoms with E-state index < -0.39 is 0 Å². The number of aromatic amines is 1. The number of ether oxygens (including phenoxy) is 2. The standard InChI is InChI=1S/C16H18ClN3O3/c1-11-8-18-16(19-11)13-9-22-7-6-20(13)15(21)10-23-14-5-3-2-4-12(14)17/h2-5,8,13H,6-7,9-10H2,1H3,(H,18,19). The van der Waals surface area contributed by atoms with Gasteiger partial charge in [0.05, 0.1) is 18.2 Å². The number of imidazole rings is 1. The van der Waals surface area contributed by atoms with E-state index in [1.807, 2.05) is 19.1 Å². The quantitative estimate of drug-likeness (QED) is 0.931. The summed E-state index contributed by atoms with van der Waals surface area (Å²) in [5.41, 5.74) is 0.949. The molecule has 1 atom stereocenters. The molecule has 1 N–H and O–H groups in total. The van der Waals surface area contributed by atoms with Gasteiger partial charge in [-0.05, 0) is 19.1 Å². The lowest BCUT2D eigenvalue weighted by atomic mass is 10.2. The molecule has 2 aromatic rings.